The average Bonchev–Trinajstić information content (AvgIpc) is 2.51. The van der Waals surface area contributed by atoms with E-state index in [0.29, 0.717) is 5.56 Å². The number of rotatable bonds is 10. The Morgan fingerprint density at radius 1 is 1.26 bits per heavy atom. The highest BCUT2D eigenvalue weighted by Gasteiger charge is 2.27. The van der Waals surface area contributed by atoms with Crippen LogP contribution in [0, 0.1) is 10.1 Å². The van der Waals surface area contributed by atoms with Gasteiger partial charge in [0.15, 0.2) is 0 Å². The fraction of sp³-hybridized carbons (Fsp3) is 0.571. The quantitative estimate of drug-likeness (QED) is 0.216. The molecular weight excluding hydrogens is 306 g/mol. The van der Waals surface area contributed by atoms with Gasteiger partial charge < -0.3 is 30.7 Å². The fourth-order valence-electron chi connectivity index (χ4n) is 2.09. The van der Waals surface area contributed by atoms with Gasteiger partial charge in [-0.2, -0.15) is 0 Å². The maximum absolute atomic E-state index is 11.5. The van der Waals surface area contributed by atoms with Crippen molar-refractivity contribution in [3.63, 3.8) is 0 Å². The molecule has 130 valence electrons. The zero-order valence-electron chi connectivity index (χ0n) is 13.2. The van der Waals surface area contributed by atoms with E-state index < -0.39 is 17.3 Å². The number of ether oxygens (including phenoxy) is 2. The molecule has 0 radical (unpaired) electrons. The first-order chi connectivity index (χ1) is 10.9. The summed E-state index contributed by atoms with van der Waals surface area (Å²) < 4.78 is 10.6. The Kier molecular flexibility index (Phi) is 7.69. The number of aliphatic hydroxyl groups excluding tert-OH is 2. The van der Waals surface area contributed by atoms with Crippen LogP contribution in [0.25, 0.3) is 0 Å². The number of nitrogens with two attached hydrogens (primary N) is 1. The van der Waals surface area contributed by atoms with E-state index in [2.05, 4.69) is 5.32 Å². The summed E-state index contributed by atoms with van der Waals surface area (Å²) in [6, 6.07) is 3.07. The molecule has 0 saturated carbocycles. The van der Waals surface area contributed by atoms with Crippen LogP contribution >= 0.6 is 0 Å². The highest BCUT2D eigenvalue weighted by atomic mass is 16.6. The molecule has 1 aromatic carbocycles. The van der Waals surface area contributed by atoms with Gasteiger partial charge in [0.1, 0.15) is 11.9 Å². The van der Waals surface area contributed by atoms with Gasteiger partial charge in [-0.25, -0.2) is 0 Å². The first-order valence-corrected chi connectivity index (χ1v) is 7.20. The molecule has 0 aliphatic heterocycles. The number of nitro groups is 1. The van der Waals surface area contributed by atoms with Crippen molar-refractivity contribution in [2.24, 2.45) is 0 Å². The lowest BCUT2D eigenvalue weighted by molar-refractivity contribution is -0.385. The largest absolute Gasteiger partial charge is 0.397 e. The van der Waals surface area contributed by atoms with E-state index >= 15 is 0 Å². The lowest BCUT2D eigenvalue weighted by Gasteiger charge is -2.20. The number of nitro benzene ring substituents is 1. The molecule has 0 fully saturated rings. The first-order valence-electron chi connectivity index (χ1n) is 7.20. The number of hydrogen-bond acceptors (Lipinski definition) is 8. The molecule has 23 heavy (non-hydrogen) atoms. The van der Waals surface area contributed by atoms with E-state index in [0.717, 1.165) is 0 Å². The van der Waals surface area contributed by atoms with Crippen LogP contribution in [0.5, 0.6) is 0 Å². The summed E-state index contributed by atoms with van der Waals surface area (Å²) in [6.07, 6.45) is -1.16. The average molecular weight is 329 g/mol. The molecular formula is C14H23N3O6. The fourth-order valence-corrected chi connectivity index (χ4v) is 2.09. The third kappa shape index (κ3) is 5.32. The number of nitrogens with one attached hydrogen (secondary N) is 1. The molecule has 0 bridgehead atoms. The van der Waals surface area contributed by atoms with Gasteiger partial charge in [-0.3, -0.25) is 10.1 Å². The minimum atomic E-state index is -0.586. The summed E-state index contributed by atoms with van der Waals surface area (Å²) in [7, 11) is 0. The van der Waals surface area contributed by atoms with Crippen molar-refractivity contribution in [1.82, 2.24) is 0 Å². The van der Waals surface area contributed by atoms with E-state index in [1.807, 2.05) is 0 Å². The van der Waals surface area contributed by atoms with E-state index in [1.165, 1.54) is 6.07 Å². The summed E-state index contributed by atoms with van der Waals surface area (Å²) >= 11 is 0. The second-order valence-corrected chi connectivity index (χ2v) is 4.84. The predicted octanol–water partition coefficient (Wildman–Crippen LogP) is 1.01. The van der Waals surface area contributed by atoms with Gasteiger partial charge in [0.2, 0.25) is 0 Å². The Hall–Kier alpha value is -1.94. The molecule has 0 saturated heterocycles. The number of aliphatic hydroxyl groups is 2. The van der Waals surface area contributed by atoms with E-state index in [4.69, 9.17) is 25.4 Å². The lowest BCUT2D eigenvalue weighted by Crippen LogP contribution is -2.22. The molecule has 2 unspecified atom stereocenters. The van der Waals surface area contributed by atoms with Gasteiger partial charge in [0, 0.05) is 0 Å². The monoisotopic (exact) mass is 329 g/mol. The van der Waals surface area contributed by atoms with Crippen molar-refractivity contribution in [3.05, 3.63) is 27.8 Å². The standard InChI is InChI=1S/C14H23N3O6/c1-9(22-7-5-18)11-3-4-12(15)13(14(11)17(20)21)16-10(2)23-8-6-19/h3-4,9-10,16,18-19H,5-8,15H2,1-2H3. The molecule has 9 nitrogen and oxygen atoms in total. The Balaban J connectivity index is 3.14. The summed E-state index contributed by atoms with van der Waals surface area (Å²) in [5, 5.41) is 31.9. The van der Waals surface area contributed by atoms with Crippen LogP contribution in [-0.4, -0.2) is 47.8 Å². The van der Waals surface area contributed by atoms with Crippen molar-refractivity contribution >= 4 is 17.1 Å². The second kappa shape index (κ2) is 9.26. The Labute approximate surface area is 134 Å². The molecule has 0 spiro atoms. The zero-order valence-corrected chi connectivity index (χ0v) is 13.2. The summed E-state index contributed by atoms with van der Waals surface area (Å²) in [5.41, 5.74) is 6.34. The van der Waals surface area contributed by atoms with Crippen LogP contribution < -0.4 is 11.1 Å². The molecule has 1 rings (SSSR count). The maximum Gasteiger partial charge on any atom is 0.300 e. The topological polar surface area (TPSA) is 140 Å². The molecule has 0 amide bonds. The van der Waals surface area contributed by atoms with Crippen LogP contribution in [0.3, 0.4) is 0 Å². The molecule has 0 aliphatic carbocycles. The summed E-state index contributed by atoms with van der Waals surface area (Å²) in [5.74, 6) is 0. The minimum absolute atomic E-state index is 0.0709. The summed E-state index contributed by atoms with van der Waals surface area (Å²) in [6.45, 7) is 3.14. The molecule has 0 aromatic heterocycles. The van der Waals surface area contributed by atoms with Crippen LogP contribution in [0.2, 0.25) is 0 Å². The van der Waals surface area contributed by atoms with E-state index in [1.54, 1.807) is 19.9 Å². The third-order valence-electron chi connectivity index (χ3n) is 3.13. The molecule has 0 aliphatic rings. The predicted molar refractivity (Wildman–Crippen MR) is 85.1 cm³/mol. The number of benzene rings is 1. The minimum Gasteiger partial charge on any atom is -0.397 e. The highest BCUT2D eigenvalue weighted by molar-refractivity contribution is 5.79. The van der Waals surface area contributed by atoms with E-state index in [-0.39, 0.29) is 43.5 Å². The molecule has 5 N–H and O–H groups in total. The molecule has 0 heterocycles. The summed E-state index contributed by atoms with van der Waals surface area (Å²) in [4.78, 5) is 11.0. The third-order valence-corrected chi connectivity index (χ3v) is 3.13. The molecule has 2 atom stereocenters. The Morgan fingerprint density at radius 2 is 1.87 bits per heavy atom. The van der Waals surface area contributed by atoms with Gasteiger partial charge in [-0.1, -0.05) is 0 Å². The zero-order chi connectivity index (χ0) is 17.4. The first kappa shape index (κ1) is 19.1. The van der Waals surface area contributed by atoms with Crippen molar-refractivity contribution in [2.75, 3.05) is 37.5 Å². The van der Waals surface area contributed by atoms with Gasteiger partial charge in [-0.05, 0) is 26.0 Å². The van der Waals surface area contributed by atoms with Crippen LogP contribution in [0.15, 0.2) is 12.1 Å². The van der Waals surface area contributed by atoms with Crippen LogP contribution in [0.4, 0.5) is 17.1 Å². The smallest absolute Gasteiger partial charge is 0.300 e. The SMILES string of the molecule is CC(Nc1c(N)ccc(C(C)OCCO)c1[N+](=O)[O-])OCCO. The lowest BCUT2D eigenvalue weighted by atomic mass is 10.1. The Morgan fingerprint density at radius 3 is 2.43 bits per heavy atom. The van der Waals surface area contributed by atoms with Crippen molar-refractivity contribution < 1.29 is 24.6 Å². The Bertz CT molecular complexity index is 525. The van der Waals surface area contributed by atoms with Gasteiger partial charge in [-0.15, -0.1) is 0 Å². The number of nitrogen functional groups attached to an aromatic ring is 1. The van der Waals surface area contributed by atoms with Crippen molar-refractivity contribution in [2.45, 2.75) is 26.2 Å². The second-order valence-electron chi connectivity index (χ2n) is 4.84. The van der Waals surface area contributed by atoms with Crippen LogP contribution in [-0.2, 0) is 9.47 Å². The molecule has 9 heteroatoms. The number of hydrogen-bond donors (Lipinski definition) is 4. The van der Waals surface area contributed by atoms with Crippen molar-refractivity contribution in [3.8, 4) is 0 Å². The number of anilines is 2. The highest BCUT2D eigenvalue weighted by Crippen LogP contribution is 2.38. The van der Waals surface area contributed by atoms with E-state index in [9.17, 15) is 10.1 Å². The maximum atomic E-state index is 11.5. The van der Waals surface area contributed by atoms with Crippen LogP contribution in [0.1, 0.15) is 25.5 Å². The normalized spacial score (nSPS) is 13.6. The van der Waals surface area contributed by atoms with Crippen molar-refractivity contribution in [1.29, 1.82) is 0 Å². The molecule has 1 aromatic rings. The van der Waals surface area contributed by atoms with Gasteiger partial charge >= 0.3 is 0 Å². The van der Waals surface area contributed by atoms with Gasteiger partial charge in [0.25, 0.3) is 5.69 Å². The number of nitrogens with zero attached hydrogens (tertiary/aromatic N) is 1. The van der Waals surface area contributed by atoms with Gasteiger partial charge in [0.05, 0.1) is 48.7 Å².